The number of carbonyl (C=O) groups is 2. The van der Waals surface area contributed by atoms with Crippen LogP contribution in [0.3, 0.4) is 0 Å². The Balaban J connectivity index is 2.15. The number of aromatic amines is 1. The molecule has 1 aromatic carbocycles. The number of anilines is 2. The lowest BCUT2D eigenvalue weighted by atomic mass is 10.2. The van der Waals surface area contributed by atoms with Crippen molar-refractivity contribution in [2.75, 3.05) is 10.6 Å². The second kappa shape index (κ2) is 5.70. The fraction of sp³-hybridized carbons (Fsp3) is 0. The molecule has 0 spiro atoms. The molecule has 1 aromatic heterocycles. The Labute approximate surface area is 113 Å². The number of carbonyl (C=O) groups excluding carboxylic acids is 2. The molecule has 0 aliphatic heterocycles. The molecule has 0 saturated carbocycles. The summed E-state index contributed by atoms with van der Waals surface area (Å²) in [6.07, 6.45) is 0. The van der Waals surface area contributed by atoms with Crippen molar-refractivity contribution in [3.8, 4) is 0 Å². The van der Waals surface area contributed by atoms with Crippen LogP contribution in [0.5, 0.6) is 0 Å². The normalized spacial score (nSPS) is 9.80. The Kier molecular flexibility index (Phi) is 3.80. The van der Waals surface area contributed by atoms with Crippen molar-refractivity contribution in [1.82, 2.24) is 4.98 Å². The fourth-order valence-electron chi connectivity index (χ4n) is 1.60. The van der Waals surface area contributed by atoms with Gasteiger partial charge in [-0.25, -0.2) is 4.79 Å². The van der Waals surface area contributed by atoms with Crippen LogP contribution in [0.4, 0.5) is 16.2 Å². The Morgan fingerprint density at radius 1 is 1.00 bits per heavy atom. The highest BCUT2D eigenvalue weighted by Gasteiger charge is 2.07. The second-order valence-electron chi connectivity index (χ2n) is 3.95. The molecule has 7 nitrogen and oxygen atoms in total. The van der Waals surface area contributed by atoms with E-state index in [0.717, 1.165) is 0 Å². The van der Waals surface area contributed by atoms with E-state index in [9.17, 15) is 14.4 Å². The minimum Gasteiger partial charge on any atom is -0.351 e. The molecule has 0 unspecified atom stereocenters. The second-order valence-corrected chi connectivity index (χ2v) is 3.95. The Morgan fingerprint density at radius 3 is 2.30 bits per heavy atom. The number of nitrogens with one attached hydrogen (secondary N) is 3. The van der Waals surface area contributed by atoms with Crippen LogP contribution in [-0.2, 0) is 0 Å². The zero-order chi connectivity index (χ0) is 14.5. The van der Waals surface area contributed by atoms with Gasteiger partial charge < -0.3 is 21.4 Å². The van der Waals surface area contributed by atoms with Gasteiger partial charge in [0.2, 0.25) is 5.56 Å². The number of nitrogens with two attached hydrogens (primary N) is 1. The van der Waals surface area contributed by atoms with E-state index in [1.807, 2.05) is 0 Å². The van der Waals surface area contributed by atoms with Gasteiger partial charge in [0.25, 0.3) is 5.91 Å². The van der Waals surface area contributed by atoms with Gasteiger partial charge in [0.15, 0.2) is 0 Å². The first-order valence-electron chi connectivity index (χ1n) is 5.72. The van der Waals surface area contributed by atoms with Crippen LogP contribution in [-0.4, -0.2) is 16.9 Å². The van der Waals surface area contributed by atoms with E-state index in [0.29, 0.717) is 11.4 Å². The lowest BCUT2D eigenvalue weighted by molar-refractivity contribution is 0.102. The molecule has 2 rings (SSSR count). The maximum Gasteiger partial charge on any atom is 0.316 e. The molecule has 102 valence electrons. The number of pyridine rings is 1. The maximum absolute atomic E-state index is 11.9. The third-order valence-corrected chi connectivity index (χ3v) is 2.40. The van der Waals surface area contributed by atoms with Gasteiger partial charge in [-0.05, 0) is 24.3 Å². The average Bonchev–Trinajstić information content (AvgIpc) is 2.38. The van der Waals surface area contributed by atoms with Crippen molar-refractivity contribution in [2.24, 2.45) is 5.73 Å². The quantitative estimate of drug-likeness (QED) is 0.670. The molecule has 0 fully saturated rings. The SMILES string of the molecule is NC(=O)Nc1cccc(NC(=O)c2cccc(=O)[nH]2)c1. The van der Waals surface area contributed by atoms with Gasteiger partial charge >= 0.3 is 6.03 Å². The summed E-state index contributed by atoms with van der Waals surface area (Å²) >= 11 is 0. The number of aromatic nitrogens is 1. The predicted molar refractivity (Wildman–Crippen MR) is 74.7 cm³/mol. The number of urea groups is 1. The summed E-state index contributed by atoms with van der Waals surface area (Å²) in [5, 5.41) is 4.99. The van der Waals surface area contributed by atoms with Gasteiger partial charge in [0, 0.05) is 17.4 Å². The Morgan fingerprint density at radius 2 is 1.65 bits per heavy atom. The third-order valence-electron chi connectivity index (χ3n) is 2.40. The molecule has 1 heterocycles. The van der Waals surface area contributed by atoms with E-state index in [-0.39, 0.29) is 11.3 Å². The Bertz CT molecular complexity index is 709. The molecular weight excluding hydrogens is 260 g/mol. The zero-order valence-corrected chi connectivity index (χ0v) is 10.3. The molecule has 0 bridgehead atoms. The number of hydrogen-bond donors (Lipinski definition) is 4. The molecule has 0 radical (unpaired) electrons. The fourth-order valence-corrected chi connectivity index (χ4v) is 1.60. The van der Waals surface area contributed by atoms with Crippen LogP contribution in [0.15, 0.2) is 47.3 Å². The number of benzene rings is 1. The molecule has 7 heteroatoms. The first-order chi connectivity index (χ1) is 9.54. The molecule has 0 aliphatic carbocycles. The summed E-state index contributed by atoms with van der Waals surface area (Å²) in [6, 6.07) is 10.1. The smallest absolute Gasteiger partial charge is 0.316 e. The van der Waals surface area contributed by atoms with E-state index in [1.165, 1.54) is 18.2 Å². The van der Waals surface area contributed by atoms with Crippen molar-refractivity contribution in [3.05, 3.63) is 58.5 Å². The summed E-state index contributed by atoms with van der Waals surface area (Å²) in [7, 11) is 0. The number of H-pyrrole nitrogens is 1. The Hall–Kier alpha value is -3.09. The van der Waals surface area contributed by atoms with Crippen molar-refractivity contribution < 1.29 is 9.59 Å². The lowest BCUT2D eigenvalue weighted by Crippen LogP contribution is -2.20. The summed E-state index contributed by atoms with van der Waals surface area (Å²) in [4.78, 5) is 36.2. The van der Waals surface area contributed by atoms with E-state index in [2.05, 4.69) is 15.6 Å². The monoisotopic (exact) mass is 272 g/mol. The zero-order valence-electron chi connectivity index (χ0n) is 10.3. The van der Waals surface area contributed by atoms with Gasteiger partial charge in [0.05, 0.1) is 0 Å². The highest BCUT2D eigenvalue weighted by Crippen LogP contribution is 2.15. The van der Waals surface area contributed by atoms with Gasteiger partial charge in [-0.15, -0.1) is 0 Å². The molecule has 20 heavy (non-hydrogen) atoms. The highest BCUT2D eigenvalue weighted by atomic mass is 16.2. The predicted octanol–water partition coefficient (Wildman–Crippen LogP) is 1.12. The first kappa shape index (κ1) is 13.3. The van der Waals surface area contributed by atoms with Crippen LogP contribution in [0.25, 0.3) is 0 Å². The average molecular weight is 272 g/mol. The van der Waals surface area contributed by atoms with Crippen LogP contribution in [0, 0.1) is 0 Å². The largest absolute Gasteiger partial charge is 0.351 e. The third kappa shape index (κ3) is 3.45. The van der Waals surface area contributed by atoms with Gasteiger partial charge in [-0.2, -0.15) is 0 Å². The van der Waals surface area contributed by atoms with E-state index >= 15 is 0 Å². The number of rotatable bonds is 3. The summed E-state index contributed by atoms with van der Waals surface area (Å²) in [5.41, 5.74) is 5.71. The maximum atomic E-state index is 11.9. The van der Waals surface area contributed by atoms with Crippen molar-refractivity contribution in [3.63, 3.8) is 0 Å². The van der Waals surface area contributed by atoms with Gasteiger partial charge in [0.1, 0.15) is 5.69 Å². The van der Waals surface area contributed by atoms with E-state index in [1.54, 1.807) is 24.3 Å². The van der Waals surface area contributed by atoms with Crippen LogP contribution >= 0.6 is 0 Å². The highest BCUT2D eigenvalue weighted by molar-refractivity contribution is 6.03. The summed E-state index contributed by atoms with van der Waals surface area (Å²) in [5.74, 6) is -0.459. The van der Waals surface area contributed by atoms with Crippen molar-refractivity contribution in [1.29, 1.82) is 0 Å². The molecule has 0 aliphatic rings. The van der Waals surface area contributed by atoms with Crippen LogP contribution in [0.1, 0.15) is 10.5 Å². The van der Waals surface area contributed by atoms with Crippen molar-refractivity contribution in [2.45, 2.75) is 0 Å². The van der Waals surface area contributed by atoms with E-state index in [4.69, 9.17) is 5.73 Å². The van der Waals surface area contributed by atoms with Gasteiger partial charge in [-0.3, -0.25) is 9.59 Å². The number of amides is 3. The molecule has 5 N–H and O–H groups in total. The molecule has 0 saturated heterocycles. The van der Waals surface area contributed by atoms with Crippen LogP contribution < -0.4 is 21.9 Å². The lowest BCUT2D eigenvalue weighted by Gasteiger charge is -2.07. The molecular formula is C13H12N4O3. The minimum atomic E-state index is -0.694. The number of primary amides is 1. The van der Waals surface area contributed by atoms with Crippen molar-refractivity contribution >= 4 is 23.3 Å². The van der Waals surface area contributed by atoms with E-state index < -0.39 is 11.9 Å². The number of hydrogen-bond acceptors (Lipinski definition) is 3. The standard InChI is InChI=1S/C13H12N4O3/c14-13(20)16-9-4-1-3-8(7-9)15-12(19)10-5-2-6-11(18)17-10/h1-7H,(H,15,19)(H,17,18)(H3,14,16,20). The topological polar surface area (TPSA) is 117 Å². The summed E-state index contributed by atoms with van der Waals surface area (Å²) < 4.78 is 0. The molecule has 0 atom stereocenters. The first-order valence-corrected chi connectivity index (χ1v) is 5.72. The minimum absolute atomic E-state index is 0.144. The molecule has 2 aromatic rings. The summed E-state index contributed by atoms with van der Waals surface area (Å²) in [6.45, 7) is 0. The van der Waals surface area contributed by atoms with Crippen LogP contribution in [0.2, 0.25) is 0 Å². The van der Waals surface area contributed by atoms with Gasteiger partial charge in [-0.1, -0.05) is 12.1 Å². The molecule has 3 amide bonds.